The van der Waals surface area contributed by atoms with Gasteiger partial charge in [0.2, 0.25) is 5.82 Å². The monoisotopic (exact) mass is 315 g/mol. The summed E-state index contributed by atoms with van der Waals surface area (Å²) < 4.78 is 43.5. The van der Waals surface area contributed by atoms with Gasteiger partial charge in [-0.25, -0.2) is 9.97 Å². The van der Waals surface area contributed by atoms with Crippen molar-refractivity contribution < 1.29 is 27.8 Å². The number of alkyl halides is 3. The van der Waals surface area contributed by atoms with E-state index in [0.717, 1.165) is 0 Å². The molecule has 0 saturated carbocycles. The van der Waals surface area contributed by atoms with Gasteiger partial charge in [0.15, 0.2) is 0 Å². The van der Waals surface area contributed by atoms with E-state index in [1.165, 1.54) is 19.2 Å². The molecular weight excluding hydrogens is 303 g/mol. The van der Waals surface area contributed by atoms with Gasteiger partial charge in [-0.15, -0.1) is 0 Å². The van der Waals surface area contributed by atoms with Crippen LogP contribution in [0.15, 0.2) is 18.2 Å². The molecule has 9 heteroatoms. The van der Waals surface area contributed by atoms with Crippen LogP contribution in [0.3, 0.4) is 0 Å². The van der Waals surface area contributed by atoms with Crippen molar-refractivity contribution in [2.24, 2.45) is 0 Å². The second kappa shape index (κ2) is 6.04. The Morgan fingerprint density at radius 1 is 1.36 bits per heavy atom. The first-order valence-electron chi connectivity index (χ1n) is 6.20. The summed E-state index contributed by atoms with van der Waals surface area (Å²) in [5.74, 6) is -2.08. The van der Waals surface area contributed by atoms with Crippen LogP contribution in [0.2, 0.25) is 0 Å². The van der Waals surface area contributed by atoms with Gasteiger partial charge in [0.05, 0.1) is 19.0 Å². The molecule has 22 heavy (non-hydrogen) atoms. The fraction of sp³-hybridized carbons (Fsp3) is 0.308. The number of fused-ring (bicyclic) bond motifs is 1. The molecule has 0 aliphatic rings. The molecule has 0 spiro atoms. The van der Waals surface area contributed by atoms with Gasteiger partial charge in [-0.3, -0.25) is 4.79 Å². The second-order valence-corrected chi connectivity index (χ2v) is 4.35. The molecule has 0 atom stereocenters. The highest BCUT2D eigenvalue weighted by Crippen LogP contribution is 2.31. The van der Waals surface area contributed by atoms with Crippen LogP contribution < -0.4 is 10.1 Å². The number of aromatic nitrogens is 2. The van der Waals surface area contributed by atoms with Gasteiger partial charge >= 0.3 is 12.1 Å². The maximum atomic E-state index is 12.9. The van der Waals surface area contributed by atoms with E-state index in [0.29, 0.717) is 11.1 Å². The number of methoxy groups -OCH3 is 1. The molecule has 0 fully saturated rings. The van der Waals surface area contributed by atoms with Crippen molar-refractivity contribution in [1.82, 2.24) is 9.97 Å². The largest absolute Gasteiger partial charge is 0.497 e. The number of ether oxygens (including phenoxy) is 1. The number of aliphatic carboxylic acids is 1. The Bertz CT molecular complexity index is 704. The summed E-state index contributed by atoms with van der Waals surface area (Å²) in [4.78, 5) is 17.4. The van der Waals surface area contributed by atoms with Crippen molar-refractivity contribution in [3.63, 3.8) is 0 Å². The van der Waals surface area contributed by atoms with Crippen molar-refractivity contribution in [2.75, 3.05) is 19.0 Å². The predicted octanol–water partition coefficient (Wildman–Crippen LogP) is 2.54. The van der Waals surface area contributed by atoms with E-state index in [4.69, 9.17) is 9.84 Å². The minimum absolute atomic E-state index is 0.0508. The van der Waals surface area contributed by atoms with E-state index >= 15 is 0 Å². The van der Waals surface area contributed by atoms with E-state index < -0.39 is 18.0 Å². The molecule has 2 aromatic rings. The Morgan fingerprint density at radius 2 is 2.09 bits per heavy atom. The smallest absolute Gasteiger partial charge is 0.451 e. The number of hydrogen-bond acceptors (Lipinski definition) is 5. The molecule has 0 radical (unpaired) electrons. The van der Waals surface area contributed by atoms with Gasteiger partial charge in [0.1, 0.15) is 11.6 Å². The molecule has 0 aliphatic heterocycles. The highest BCUT2D eigenvalue weighted by molar-refractivity contribution is 5.90. The molecule has 0 amide bonds. The standard InChI is InChI=1S/C13H12F3N3O3/c1-22-7-2-3-8-9(6-7)18-12(13(14,15)16)19-11(8)17-5-4-10(20)21/h2-3,6H,4-5H2,1H3,(H,20,21)(H,17,18,19). The second-order valence-electron chi connectivity index (χ2n) is 4.35. The third-order valence-electron chi connectivity index (χ3n) is 2.79. The van der Waals surface area contributed by atoms with E-state index in [1.807, 2.05) is 0 Å². The molecule has 1 aromatic carbocycles. The number of anilines is 1. The van der Waals surface area contributed by atoms with Crippen LogP contribution in [0.4, 0.5) is 19.0 Å². The molecule has 0 unspecified atom stereocenters. The Balaban J connectivity index is 2.48. The fourth-order valence-corrected chi connectivity index (χ4v) is 1.79. The van der Waals surface area contributed by atoms with Crippen LogP contribution in [0.25, 0.3) is 10.9 Å². The van der Waals surface area contributed by atoms with Crippen LogP contribution >= 0.6 is 0 Å². The number of rotatable bonds is 5. The lowest BCUT2D eigenvalue weighted by Crippen LogP contribution is -2.15. The van der Waals surface area contributed by atoms with Gasteiger partial charge in [-0.2, -0.15) is 13.2 Å². The summed E-state index contributed by atoms with van der Waals surface area (Å²) in [6.07, 6.45) is -4.95. The minimum atomic E-state index is -4.71. The summed E-state index contributed by atoms with van der Waals surface area (Å²) in [5.41, 5.74) is 0.0551. The summed E-state index contributed by atoms with van der Waals surface area (Å²) in [6.45, 7) is -0.0508. The maximum absolute atomic E-state index is 12.9. The molecule has 0 bridgehead atoms. The van der Waals surface area contributed by atoms with Gasteiger partial charge in [-0.1, -0.05) is 0 Å². The third kappa shape index (κ3) is 3.54. The molecule has 2 N–H and O–H groups in total. The van der Waals surface area contributed by atoms with E-state index in [1.54, 1.807) is 6.07 Å². The maximum Gasteiger partial charge on any atom is 0.451 e. The van der Waals surface area contributed by atoms with Crippen LogP contribution in [0.1, 0.15) is 12.2 Å². The number of halogens is 3. The first-order chi connectivity index (χ1) is 10.3. The zero-order valence-corrected chi connectivity index (χ0v) is 11.4. The van der Waals surface area contributed by atoms with Crippen molar-refractivity contribution in [2.45, 2.75) is 12.6 Å². The first kappa shape index (κ1) is 15.8. The number of carboxylic acid groups (broad SMARTS) is 1. The summed E-state index contributed by atoms with van der Waals surface area (Å²) >= 11 is 0. The fourth-order valence-electron chi connectivity index (χ4n) is 1.79. The molecule has 0 saturated heterocycles. The van der Waals surface area contributed by atoms with Crippen LogP contribution in [-0.4, -0.2) is 34.7 Å². The van der Waals surface area contributed by atoms with Crippen molar-refractivity contribution in [1.29, 1.82) is 0 Å². The number of nitrogens with zero attached hydrogens (tertiary/aromatic N) is 2. The van der Waals surface area contributed by atoms with Crippen LogP contribution in [0, 0.1) is 0 Å². The number of benzene rings is 1. The topological polar surface area (TPSA) is 84.3 Å². The lowest BCUT2D eigenvalue weighted by Gasteiger charge is -2.12. The summed E-state index contributed by atoms with van der Waals surface area (Å²) in [7, 11) is 1.39. The Kier molecular flexibility index (Phi) is 4.34. The van der Waals surface area contributed by atoms with Gasteiger partial charge in [0, 0.05) is 18.0 Å². The molecule has 0 aliphatic carbocycles. The number of nitrogens with one attached hydrogen (secondary N) is 1. The summed E-state index contributed by atoms with van der Waals surface area (Å²) in [5, 5.41) is 11.5. The quantitative estimate of drug-likeness (QED) is 0.882. The lowest BCUT2D eigenvalue weighted by molar-refractivity contribution is -0.144. The SMILES string of the molecule is COc1ccc2c(NCCC(=O)O)nc(C(F)(F)F)nc2c1. The Labute approximate surface area is 122 Å². The number of hydrogen-bond donors (Lipinski definition) is 2. The Morgan fingerprint density at radius 3 is 2.68 bits per heavy atom. The van der Waals surface area contributed by atoms with E-state index in [-0.39, 0.29) is 24.3 Å². The number of carboxylic acids is 1. The molecule has 1 aromatic heterocycles. The third-order valence-corrected chi connectivity index (χ3v) is 2.79. The zero-order valence-electron chi connectivity index (χ0n) is 11.4. The molecule has 6 nitrogen and oxygen atoms in total. The lowest BCUT2D eigenvalue weighted by atomic mass is 10.2. The predicted molar refractivity (Wildman–Crippen MR) is 71.8 cm³/mol. The highest BCUT2D eigenvalue weighted by Gasteiger charge is 2.35. The zero-order chi connectivity index (χ0) is 16.3. The molecule has 2 rings (SSSR count). The van der Waals surface area contributed by atoms with Gasteiger partial charge < -0.3 is 15.2 Å². The number of carbonyl (C=O) groups is 1. The summed E-state index contributed by atoms with van der Waals surface area (Å²) in [6, 6.07) is 4.42. The normalized spacial score (nSPS) is 11.5. The van der Waals surface area contributed by atoms with Crippen LogP contribution in [-0.2, 0) is 11.0 Å². The Hall–Kier alpha value is -2.58. The molecule has 1 heterocycles. The van der Waals surface area contributed by atoms with E-state index in [9.17, 15) is 18.0 Å². The molecule has 118 valence electrons. The van der Waals surface area contributed by atoms with Crippen molar-refractivity contribution >= 4 is 22.7 Å². The van der Waals surface area contributed by atoms with E-state index in [2.05, 4.69) is 15.3 Å². The van der Waals surface area contributed by atoms with Gasteiger partial charge in [-0.05, 0) is 12.1 Å². The average molecular weight is 315 g/mol. The minimum Gasteiger partial charge on any atom is -0.497 e. The van der Waals surface area contributed by atoms with Crippen molar-refractivity contribution in [3.8, 4) is 5.75 Å². The molecular formula is C13H12F3N3O3. The first-order valence-corrected chi connectivity index (χ1v) is 6.20. The van der Waals surface area contributed by atoms with Gasteiger partial charge in [0.25, 0.3) is 0 Å². The van der Waals surface area contributed by atoms with Crippen molar-refractivity contribution in [3.05, 3.63) is 24.0 Å². The average Bonchev–Trinajstić information content (AvgIpc) is 2.44. The highest BCUT2D eigenvalue weighted by atomic mass is 19.4. The van der Waals surface area contributed by atoms with Crippen LogP contribution in [0.5, 0.6) is 5.75 Å².